The van der Waals surface area contributed by atoms with Crippen LogP contribution in [0.4, 0.5) is 0 Å². The van der Waals surface area contributed by atoms with Crippen molar-refractivity contribution < 1.29 is 5.21 Å². The van der Waals surface area contributed by atoms with Crippen LogP contribution in [0.5, 0.6) is 0 Å². The Balaban J connectivity index is 1.91. The predicted octanol–water partition coefficient (Wildman–Crippen LogP) is 3.69. The maximum atomic E-state index is 9.62. The van der Waals surface area contributed by atoms with E-state index in [9.17, 15) is 5.21 Å². The van der Waals surface area contributed by atoms with Gasteiger partial charge in [-0.2, -0.15) is 0 Å². The summed E-state index contributed by atoms with van der Waals surface area (Å²) < 4.78 is 0. The number of rotatable bonds is 3. The lowest BCUT2D eigenvalue weighted by molar-refractivity contribution is 0.319. The summed E-state index contributed by atoms with van der Waals surface area (Å²) in [5, 5.41) is 13.2. The molecule has 0 bridgehead atoms. The summed E-state index contributed by atoms with van der Waals surface area (Å²) in [5.41, 5.74) is 1.56. The molecule has 4 nitrogen and oxygen atoms in total. The Morgan fingerprint density at radius 2 is 1.64 bits per heavy atom. The van der Waals surface area contributed by atoms with E-state index in [4.69, 9.17) is 4.99 Å². The molecular formula is C18H25N3O. The molecule has 1 aliphatic heterocycles. The minimum atomic E-state index is 0.379. The zero-order valence-electron chi connectivity index (χ0n) is 13.1. The maximum absolute atomic E-state index is 9.62. The Hall–Kier alpha value is -1.84. The van der Waals surface area contributed by atoms with E-state index in [1.807, 2.05) is 30.3 Å². The quantitative estimate of drug-likeness (QED) is 0.400. The number of likely N-dealkylation sites (tertiary alicyclic amines) is 1. The van der Waals surface area contributed by atoms with Crippen LogP contribution in [0.3, 0.4) is 0 Å². The molecule has 1 aromatic rings. The zero-order valence-corrected chi connectivity index (χ0v) is 13.1. The highest BCUT2D eigenvalue weighted by Crippen LogP contribution is 2.22. The minimum Gasteiger partial charge on any atom is -0.410 e. The molecule has 2 aliphatic rings. The second kappa shape index (κ2) is 7.43. The Morgan fingerprint density at radius 3 is 2.27 bits per heavy atom. The summed E-state index contributed by atoms with van der Waals surface area (Å²) >= 11 is 0. The number of oxime groups is 1. The van der Waals surface area contributed by atoms with E-state index in [0.717, 1.165) is 37.3 Å². The lowest BCUT2D eigenvalue weighted by atomic mass is 9.96. The first-order valence-corrected chi connectivity index (χ1v) is 8.49. The average molecular weight is 299 g/mol. The summed E-state index contributed by atoms with van der Waals surface area (Å²) in [5.74, 6) is 0.887. The molecule has 4 heteroatoms. The van der Waals surface area contributed by atoms with Gasteiger partial charge in [0.05, 0.1) is 6.04 Å². The normalized spacial score (nSPS) is 21.4. The van der Waals surface area contributed by atoms with Gasteiger partial charge >= 0.3 is 0 Å². The van der Waals surface area contributed by atoms with Crippen molar-refractivity contribution >= 4 is 11.5 Å². The summed E-state index contributed by atoms with van der Waals surface area (Å²) in [6.45, 7) is 2.02. The monoisotopic (exact) mass is 299 g/mol. The Kier molecular flexibility index (Phi) is 5.09. The molecule has 1 saturated carbocycles. The fraction of sp³-hybridized carbons (Fsp3) is 0.556. The van der Waals surface area contributed by atoms with Gasteiger partial charge in [0, 0.05) is 18.7 Å². The number of amidine groups is 1. The lowest BCUT2D eigenvalue weighted by Gasteiger charge is -2.25. The van der Waals surface area contributed by atoms with Gasteiger partial charge in [-0.1, -0.05) is 54.8 Å². The first-order chi connectivity index (χ1) is 10.9. The summed E-state index contributed by atoms with van der Waals surface area (Å²) in [6.07, 6.45) is 8.55. The standard InChI is InChI=1S/C18H25N3O/c22-20-17(15-9-3-1-4-10-15)18(21-13-7-8-14-21)19-16-11-5-2-6-12-16/h1,3-4,9-10,16,22H,2,5-8,11-14H2/b19-18?,20-17-. The molecule has 118 valence electrons. The zero-order chi connectivity index (χ0) is 15.2. The Labute approximate surface area is 132 Å². The average Bonchev–Trinajstić information content (AvgIpc) is 3.11. The van der Waals surface area contributed by atoms with Crippen LogP contribution in [0.2, 0.25) is 0 Å². The molecule has 0 aromatic heterocycles. The fourth-order valence-electron chi connectivity index (χ4n) is 3.43. The highest BCUT2D eigenvalue weighted by Gasteiger charge is 2.24. The van der Waals surface area contributed by atoms with E-state index in [0.29, 0.717) is 11.8 Å². The van der Waals surface area contributed by atoms with Crippen LogP contribution in [0, 0.1) is 0 Å². The highest BCUT2D eigenvalue weighted by molar-refractivity contribution is 6.47. The van der Waals surface area contributed by atoms with E-state index >= 15 is 0 Å². The summed E-state index contributed by atoms with van der Waals surface area (Å²) in [6, 6.07) is 10.3. The van der Waals surface area contributed by atoms with Crippen molar-refractivity contribution in [2.24, 2.45) is 10.1 Å². The van der Waals surface area contributed by atoms with Crippen molar-refractivity contribution in [2.45, 2.75) is 51.0 Å². The highest BCUT2D eigenvalue weighted by atomic mass is 16.4. The number of aliphatic imine (C=N–C) groups is 1. The number of benzene rings is 1. The third-order valence-corrected chi connectivity index (χ3v) is 4.64. The largest absolute Gasteiger partial charge is 0.410 e. The number of hydrogen-bond donors (Lipinski definition) is 1. The van der Waals surface area contributed by atoms with Crippen molar-refractivity contribution in [2.75, 3.05) is 13.1 Å². The Bertz CT molecular complexity index is 527. The van der Waals surface area contributed by atoms with Gasteiger partial charge in [-0.3, -0.25) is 4.99 Å². The van der Waals surface area contributed by atoms with Crippen molar-refractivity contribution in [1.29, 1.82) is 0 Å². The Morgan fingerprint density at radius 1 is 0.955 bits per heavy atom. The van der Waals surface area contributed by atoms with Gasteiger partial charge in [-0.15, -0.1) is 0 Å². The van der Waals surface area contributed by atoms with E-state index in [1.165, 1.54) is 32.1 Å². The fourth-order valence-corrected chi connectivity index (χ4v) is 3.43. The summed E-state index contributed by atoms with van der Waals surface area (Å²) in [7, 11) is 0. The van der Waals surface area contributed by atoms with Gasteiger partial charge < -0.3 is 10.1 Å². The van der Waals surface area contributed by atoms with E-state index < -0.39 is 0 Å². The van der Waals surface area contributed by atoms with Gasteiger partial charge in [-0.25, -0.2) is 0 Å². The molecule has 0 atom stereocenters. The first-order valence-electron chi connectivity index (χ1n) is 8.49. The molecular weight excluding hydrogens is 274 g/mol. The molecule has 1 saturated heterocycles. The van der Waals surface area contributed by atoms with Crippen molar-refractivity contribution in [3.8, 4) is 0 Å². The molecule has 1 aliphatic carbocycles. The second-order valence-electron chi connectivity index (χ2n) is 6.25. The molecule has 0 amide bonds. The first kappa shape index (κ1) is 15.1. The smallest absolute Gasteiger partial charge is 0.154 e. The number of nitrogens with zero attached hydrogens (tertiary/aromatic N) is 3. The molecule has 0 unspecified atom stereocenters. The number of hydrogen-bond acceptors (Lipinski definition) is 3. The van der Waals surface area contributed by atoms with E-state index in [-0.39, 0.29) is 0 Å². The van der Waals surface area contributed by atoms with Crippen LogP contribution in [0.15, 0.2) is 40.5 Å². The molecule has 22 heavy (non-hydrogen) atoms. The van der Waals surface area contributed by atoms with Crippen LogP contribution >= 0.6 is 0 Å². The molecule has 1 heterocycles. The van der Waals surface area contributed by atoms with Crippen LogP contribution in [-0.2, 0) is 0 Å². The molecule has 1 aromatic carbocycles. The lowest BCUT2D eigenvalue weighted by Crippen LogP contribution is -2.36. The van der Waals surface area contributed by atoms with Crippen molar-refractivity contribution in [3.63, 3.8) is 0 Å². The minimum absolute atomic E-state index is 0.379. The van der Waals surface area contributed by atoms with Crippen LogP contribution in [-0.4, -0.2) is 40.8 Å². The molecule has 0 spiro atoms. The third kappa shape index (κ3) is 3.49. The van der Waals surface area contributed by atoms with E-state index in [1.54, 1.807) is 0 Å². The van der Waals surface area contributed by atoms with Crippen LogP contribution < -0.4 is 0 Å². The topological polar surface area (TPSA) is 48.2 Å². The maximum Gasteiger partial charge on any atom is 0.154 e. The van der Waals surface area contributed by atoms with Crippen LogP contribution in [0.1, 0.15) is 50.5 Å². The van der Waals surface area contributed by atoms with Crippen LogP contribution in [0.25, 0.3) is 0 Å². The SMILES string of the molecule is O/N=C(\C(=NC1CCCCC1)N1CCCC1)c1ccccc1. The molecule has 3 rings (SSSR count). The van der Waals surface area contributed by atoms with E-state index in [2.05, 4.69) is 10.1 Å². The van der Waals surface area contributed by atoms with Crippen molar-refractivity contribution in [1.82, 2.24) is 4.90 Å². The predicted molar refractivity (Wildman–Crippen MR) is 89.9 cm³/mol. The molecule has 1 N–H and O–H groups in total. The van der Waals surface area contributed by atoms with Gasteiger partial charge in [-0.05, 0) is 25.7 Å². The van der Waals surface area contributed by atoms with Gasteiger partial charge in [0.1, 0.15) is 0 Å². The third-order valence-electron chi connectivity index (χ3n) is 4.64. The second-order valence-corrected chi connectivity index (χ2v) is 6.25. The van der Waals surface area contributed by atoms with Gasteiger partial charge in [0.15, 0.2) is 11.5 Å². The van der Waals surface area contributed by atoms with Gasteiger partial charge in [0.25, 0.3) is 0 Å². The summed E-state index contributed by atoms with van der Waals surface area (Å²) in [4.78, 5) is 7.31. The van der Waals surface area contributed by atoms with Crippen molar-refractivity contribution in [3.05, 3.63) is 35.9 Å². The molecule has 2 fully saturated rings. The van der Waals surface area contributed by atoms with Gasteiger partial charge in [0.2, 0.25) is 0 Å². The molecule has 0 radical (unpaired) electrons.